The third-order valence-electron chi connectivity index (χ3n) is 3.03. The Morgan fingerprint density at radius 3 is 2.57 bits per heavy atom. The first-order valence-corrected chi connectivity index (χ1v) is 6.63. The first-order chi connectivity index (χ1) is 10.1. The lowest BCUT2D eigenvalue weighted by atomic mass is 10.1. The van der Waals surface area contributed by atoms with Crippen LogP contribution in [-0.4, -0.2) is 29.5 Å². The number of hydrogen-bond donors (Lipinski definition) is 3. The third-order valence-corrected chi connectivity index (χ3v) is 3.03. The molecule has 4 N–H and O–H groups in total. The SMILES string of the molecule is Cn1cccc1C(=O)Nc1ccccc1C(=O)NCCN. The highest BCUT2D eigenvalue weighted by Gasteiger charge is 2.14. The number of aryl methyl sites for hydroxylation is 1. The van der Waals surface area contributed by atoms with Gasteiger partial charge in [-0.3, -0.25) is 9.59 Å². The minimum atomic E-state index is -0.262. The van der Waals surface area contributed by atoms with Crippen molar-refractivity contribution < 1.29 is 9.59 Å². The average Bonchev–Trinajstić information content (AvgIpc) is 2.91. The number of amides is 2. The van der Waals surface area contributed by atoms with Crippen molar-refractivity contribution in [1.29, 1.82) is 0 Å². The van der Waals surface area contributed by atoms with Gasteiger partial charge in [-0.1, -0.05) is 12.1 Å². The summed E-state index contributed by atoms with van der Waals surface area (Å²) in [6.45, 7) is 0.753. The molecule has 1 aromatic heterocycles. The van der Waals surface area contributed by atoms with Crippen LogP contribution in [0.25, 0.3) is 0 Å². The number of nitrogens with two attached hydrogens (primary N) is 1. The Morgan fingerprint density at radius 1 is 1.14 bits per heavy atom. The number of rotatable bonds is 5. The number of carbonyl (C=O) groups excluding carboxylic acids is 2. The van der Waals surface area contributed by atoms with Gasteiger partial charge in [0.05, 0.1) is 11.3 Å². The van der Waals surface area contributed by atoms with Crippen LogP contribution in [0.2, 0.25) is 0 Å². The van der Waals surface area contributed by atoms with E-state index in [2.05, 4.69) is 10.6 Å². The van der Waals surface area contributed by atoms with Gasteiger partial charge in [0.2, 0.25) is 0 Å². The third kappa shape index (κ3) is 3.49. The molecular formula is C15H18N4O2. The average molecular weight is 286 g/mol. The van der Waals surface area contributed by atoms with E-state index in [0.29, 0.717) is 30.0 Å². The highest BCUT2D eigenvalue weighted by Crippen LogP contribution is 2.16. The van der Waals surface area contributed by atoms with Gasteiger partial charge in [-0.2, -0.15) is 0 Å². The number of benzene rings is 1. The lowest BCUT2D eigenvalue weighted by Gasteiger charge is -2.11. The maximum Gasteiger partial charge on any atom is 0.272 e. The van der Waals surface area contributed by atoms with Gasteiger partial charge in [0, 0.05) is 26.3 Å². The fourth-order valence-electron chi connectivity index (χ4n) is 1.95. The summed E-state index contributed by atoms with van der Waals surface area (Å²) in [4.78, 5) is 24.2. The van der Waals surface area contributed by atoms with Crippen LogP contribution >= 0.6 is 0 Å². The number of aromatic nitrogens is 1. The normalized spacial score (nSPS) is 10.2. The Kier molecular flexibility index (Phi) is 4.73. The molecule has 1 aromatic carbocycles. The fourth-order valence-corrected chi connectivity index (χ4v) is 1.95. The summed E-state index contributed by atoms with van der Waals surface area (Å²) in [5, 5.41) is 5.45. The van der Waals surface area contributed by atoms with Gasteiger partial charge >= 0.3 is 0 Å². The van der Waals surface area contributed by atoms with Gasteiger partial charge in [-0.05, 0) is 24.3 Å². The van der Waals surface area contributed by atoms with Crippen molar-refractivity contribution in [1.82, 2.24) is 9.88 Å². The van der Waals surface area contributed by atoms with E-state index in [9.17, 15) is 9.59 Å². The molecule has 21 heavy (non-hydrogen) atoms. The number of hydrogen-bond acceptors (Lipinski definition) is 3. The Morgan fingerprint density at radius 2 is 1.90 bits per heavy atom. The smallest absolute Gasteiger partial charge is 0.272 e. The molecule has 0 aliphatic carbocycles. The van der Waals surface area contributed by atoms with Crippen LogP contribution in [0, 0.1) is 0 Å². The number of carbonyl (C=O) groups is 2. The highest BCUT2D eigenvalue weighted by atomic mass is 16.2. The molecule has 2 amide bonds. The summed E-state index contributed by atoms with van der Waals surface area (Å²) in [5.74, 6) is -0.523. The monoisotopic (exact) mass is 286 g/mol. The molecular weight excluding hydrogens is 268 g/mol. The van der Waals surface area contributed by atoms with Crippen molar-refractivity contribution in [2.24, 2.45) is 12.8 Å². The van der Waals surface area contributed by atoms with Crippen LogP contribution in [0.3, 0.4) is 0 Å². The fraction of sp³-hybridized carbons (Fsp3) is 0.200. The zero-order chi connectivity index (χ0) is 15.2. The molecule has 0 spiro atoms. The maximum atomic E-state index is 12.2. The molecule has 0 bridgehead atoms. The summed E-state index contributed by atoms with van der Waals surface area (Å²) < 4.78 is 1.71. The van der Waals surface area contributed by atoms with E-state index in [1.54, 1.807) is 54.2 Å². The molecule has 0 aliphatic heterocycles. The molecule has 0 fully saturated rings. The zero-order valence-corrected chi connectivity index (χ0v) is 11.8. The van der Waals surface area contributed by atoms with E-state index < -0.39 is 0 Å². The van der Waals surface area contributed by atoms with Crippen LogP contribution in [-0.2, 0) is 7.05 Å². The van der Waals surface area contributed by atoms with E-state index in [-0.39, 0.29) is 11.8 Å². The molecule has 0 aliphatic rings. The van der Waals surface area contributed by atoms with Gasteiger partial charge in [0.25, 0.3) is 11.8 Å². The second-order valence-electron chi connectivity index (χ2n) is 4.55. The van der Waals surface area contributed by atoms with E-state index in [1.165, 1.54) is 0 Å². The molecule has 6 heteroatoms. The molecule has 6 nitrogen and oxygen atoms in total. The van der Waals surface area contributed by atoms with Crippen molar-refractivity contribution in [2.45, 2.75) is 0 Å². The largest absolute Gasteiger partial charge is 0.351 e. The summed E-state index contributed by atoms with van der Waals surface area (Å²) in [7, 11) is 1.79. The van der Waals surface area contributed by atoms with E-state index >= 15 is 0 Å². The standard InChI is InChI=1S/C15H18N4O2/c1-19-10-4-7-13(19)15(21)18-12-6-3-2-5-11(12)14(20)17-9-8-16/h2-7,10H,8-9,16H2,1H3,(H,17,20)(H,18,21). The zero-order valence-electron chi connectivity index (χ0n) is 11.8. The molecule has 2 rings (SSSR count). The molecule has 0 radical (unpaired) electrons. The molecule has 110 valence electrons. The van der Waals surface area contributed by atoms with Gasteiger partial charge in [-0.25, -0.2) is 0 Å². The number of para-hydroxylation sites is 1. The predicted octanol–water partition coefficient (Wildman–Crippen LogP) is 0.966. The highest BCUT2D eigenvalue weighted by molar-refractivity contribution is 6.08. The number of anilines is 1. The lowest BCUT2D eigenvalue weighted by Crippen LogP contribution is -2.30. The van der Waals surface area contributed by atoms with Crippen molar-refractivity contribution in [3.63, 3.8) is 0 Å². The van der Waals surface area contributed by atoms with Crippen LogP contribution in [0.15, 0.2) is 42.6 Å². The van der Waals surface area contributed by atoms with Crippen LogP contribution in [0.4, 0.5) is 5.69 Å². The Bertz CT molecular complexity index is 649. The summed E-state index contributed by atoms with van der Waals surface area (Å²) >= 11 is 0. The molecule has 0 atom stereocenters. The van der Waals surface area contributed by atoms with Crippen LogP contribution in [0.1, 0.15) is 20.8 Å². The van der Waals surface area contributed by atoms with Crippen LogP contribution < -0.4 is 16.4 Å². The summed E-state index contributed by atoms with van der Waals surface area (Å²) in [6, 6.07) is 10.4. The van der Waals surface area contributed by atoms with Crippen molar-refractivity contribution in [3.05, 3.63) is 53.9 Å². The van der Waals surface area contributed by atoms with E-state index in [4.69, 9.17) is 5.73 Å². The molecule has 2 aromatic rings. The van der Waals surface area contributed by atoms with Crippen molar-refractivity contribution >= 4 is 17.5 Å². The maximum absolute atomic E-state index is 12.2. The van der Waals surface area contributed by atoms with E-state index in [0.717, 1.165) is 0 Å². The minimum absolute atomic E-state index is 0.261. The Balaban J connectivity index is 2.19. The molecule has 0 unspecified atom stereocenters. The molecule has 0 saturated heterocycles. The van der Waals surface area contributed by atoms with Crippen molar-refractivity contribution in [2.75, 3.05) is 18.4 Å². The quantitative estimate of drug-likeness (QED) is 0.765. The van der Waals surface area contributed by atoms with Gasteiger partial charge in [-0.15, -0.1) is 0 Å². The summed E-state index contributed by atoms with van der Waals surface area (Å²) in [5.41, 5.74) is 6.77. The predicted molar refractivity (Wildman–Crippen MR) is 81.2 cm³/mol. The Hall–Kier alpha value is -2.60. The molecule has 0 saturated carbocycles. The Labute approximate surface area is 122 Å². The lowest BCUT2D eigenvalue weighted by molar-refractivity contribution is 0.0955. The van der Waals surface area contributed by atoms with Gasteiger partial charge < -0.3 is 20.9 Å². The summed E-state index contributed by atoms with van der Waals surface area (Å²) in [6.07, 6.45) is 1.79. The van der Waals surface area contributed by atoms with Crippen molar-refractivity contribution in [3.8, 4) is 0 Å². The van der Waals surface area contributed by atoms with Gasteiger partial charge in [0.1, 0.15) is 5.69 Å². The van der Waals surface area contributed by atoms with Crippen LogP contribution in [0.5, 0.6) is 0 Å². The minimum Gasteiger partial charge on any atom is -0.351 e. The number of nitrogens with zero attached hydrogens (tertiary/aromatic N) is 1. The van der Waals surface area contributed by atoms with Gasteiger partial charge in [0.15, 0.2) is 0 Å². The number of nitrogens with one attached hydrogen (secondary N) is 2. The topological polar surface area (TPSA) is 89.2 Å². The second kappa shape index (κ2) is 6.71. The first-order valence-electron chi connectivity index (χ1n) is 6.63. The second-order valence-corrected chi connectivity index (χ2v) is 4.55. The molecule has 1 heterocycles. The first kappa shape index (κ1) is 14.8. The van der Waals surface area contributed by atoms with E-state index in [1.807, 2.05) is 0 Å².